The Morgan fingerprint density at radius 3 is 2.50 bits per heavy atom. The summed E-state index contributed by atoms with van der Waals surface area (Å²) in [7, 11) is 0. The Morgan fingerprint density at radius 1 is 1.31 bits per heavy atom. The van der Waals surface area contributed by atoms with Gasteiger partial charge in [-0.05, 0) is 19.8 Å². The third-order valence-corrected chi connectivity index (χ3v) is 3.10. The van der Waals surface area contributed by atoms with Gasteiger partial charge >= 0.3 is 6.09 Å². The highest BCUT2D eigenvalue weighted by Gasteiger charge is 2.31. The maximum atomic E-state index is 11.5. The second-order valence-corrected chi connectivity index (χ2v) is 4.13. The molecule has 0 atom stereocenters. The van der Waals surface area contributed by atoms with Gasteiger partial charge in [0.1, 0.15) is 0 Å². The van der Waals surface area contributed by atoms with E-state index in [1.54, 1.807) is 4.90 Å². The topological polar surface area (TPSA) is 48.0 Å². The fourth-order valence-corrected chi connectivity index (χ4v) is 2.22. The summed E-state index contributed by atoms with van der Waals surface area (Å²) in [6.07, 6.45) is 1.62. The molecule has 2 aliphatic rings. The summed E-state index contributed by atoms with van der Waals surface area (Å²) in [6.45, 7) is 5.14. The van der Waals surface area contributed by atoms with Crippen molar-refractivity contribution in [2.24, 2.45) is 5.92 Å². The first-order valence-corrected chi connectivity index (χ1v) is 5.96. The smallest absolute Gasteiger partial charge is 0.409 e. The second kappa shape index (κ2) is 5.50. The molecule has 0 N–H and O–H groups in total. The number of carbonyl (C=O) groups is 1. The Balaban J connectivity index is 1.75. The van der Waals surface area contributed by atoms with Gasteiger partial charge in [0.05, 0.1) is 19.8 Å². The fourth-order valence-electron chi connectivity index (χ4n) is 2.22. The van der Waals surface area contributed by atoms with Crippen molar-refractivity contribution in [3.8, 4) is 0 Å². The summed E-state index contributed by atoms with van der Waals surface area (Å²) < 4.78 is 15.9. The molecule has 5 heteroatoms. The average Bonchev–Trinajstić information content (AvgIpc) is 2.83. The number of nitrogens with zero attached hydrogens (tertiary/aromatic N) is 1. The first-order chi connectivity index (χ1) is 7.81. The first-order valence-electron chi connectivity index (χ1n) is 5.96. The molecule has 0 aromatic carbocycles. The Hall–Kier alpha value is -0.810. The lowest BCUT2D eigenvalue weighted by molar-refractivity contribution is -0.0963. The van der Waals surface area contributed by atoms with Crippen molar-refractivity contribution in [3.05, 3.63) is 0 Å². The summed E-state index contributed by atoms with van der Waals surface area (Å²) in [5, 5.41) is 0. The maximum absolute atomic E-state index is 11.5. The van der Waals surface area contributed by atoms with E-state index in [9.17, 15) is 4.79 Å². The van der Waals surface area contributed by atoms with E-state index in [0.717, 1.165) is 25.9 Å². The molecule has 0 spiro atoms. The Bertz CT molecular complexity index is 232. The summed E-state index contributed by atoms with van der Waals surface area (Å²) in [5.74, 6) is 0.424. The van der Waals surface area contributed by atoms with Crippen LogP contribution in [0.1, 0.15) is 19.8 Å². The number of likely N-dealkylation sites (tertiary alicyclic amines) is 1. The van der Waals surface area contributed by atoms with Gasteiger partial charge in [-0.2, -0.15) is 0 Å². The lowest BCUT2D eigenvalue weighted by Gasteiger charge is -2.33. The van der Waals surface area contributed by atoms with Crippen LogP contribution in [0.15, 0.2) is 0 Å². The average molecular weight is 229 g/mol. The zero-order chi connectivity index (χ0) is 11.4. The van der Waals surface area contributed by atoms with E-state index in [-0.39, 0.29) is 12.4 Å². The standard InChI is InChI=1S/C11H19NO4/c1-2-14-11(13)12-5-3-9(4-6-12)10-15-7-8-16-10/h9-10H,2-8H2,1H3. The van der Waals surface area contributed by atoms with Crippen LogP contribution in [0.2, 0.25) is 0 Å². The number of piperidine rings is 1. The summed E-state index contributed by atoms with van der Waals surface area (Å²) in [6, 6.07) is 0. The molecule has 92 valence electrons. The molecule has 2 fully saturated rings. The minimum Gasteiger partial charge on any atom is -0.450 e. The molecule has 16 heavy (non-hydrogen) atoms. The Labute approximate surface area is 95.6 Å². The van der Waals surface area contributed by atoms with E-state index >= 15 is 0 Å². The number of rotatable bonds is 2. The van der Waals surface area contributed by atoms with Crippen LogP contribution in [-0.4, -0.2) is 50.2 Å². The van der Waals surface area contributed by atoms with Gasteiger partial charge in [-0.1, -0.05) is 0 Å². The molecule has 2 saturated heterocycles. The Morgan fingerprint density at radius 2 is 1.94 bits per heavy atom. The largest absolute Gasteiger partial charge is 0.450 e. The Kier molecular flexibility index (Phi) is 4.01. The molecule has 1 amide bonds. The number of ether oxygens (including phenoxy) is 3. The molecule has 2 rings (SSSR count). The van der Waals surface area contributed by atoms with Crippen LogP contribution in [0.25, 0.3) is 0 Å². The maximum Gasteiger partial charge on any atom is 0.409 e. The minimum atomic E-state index is -0.200. The van der Waals surface area contributed by atoms with E-state index in [2.05, 4.69) is 0 Å². The molecule has 0 aromatic heterocycles. The van der Waals surface area contributed by atoms with Crippen LogP contribution >= 0.6 is 0 Å². The van der Waals surface area contributed by atoms with Gasteiger partial charge < -0.3 is 19.1 Å². The highest BCUT2D eigenvalue weighted by atomic mass is 16.7. The van der Waals surface area contributed by atoms with Gasteiger partial charge in [0.15, 0.2) is 6.29 Å². The second-order valence-electron chi connectivity index (χ2n) is 4.13. The van der Waals surface area contributed by atoms with E-state index in [1.165, 1.54) is 0 Å². The summed E-state index contributed by atoms with van der Waals surface area (Å²) in [5.41, 5.74) is 0. The fraction of sp³-hybridized carbons (Fsp3) is 0.909. The van der Waals surface area contributed by atoms with E-state index in [0.29, 0.717) is 25.7 Å². The van der Waals surface area contributed by atoms with Crippen LogP contribution in [-0.2, 0) is 14.2 Å². The van der Waals surface area contributed by atoms with Crippen LogP contribution in [0.5, 0.6) is 0 Å². The molecule has 0 bridgehead atoms. The molecule has 2 aliphatic heterocycles. The number of hydrogen-bond acceptors (Lipinski definition) is 4. The summed E-state index contributed by atoms with van der Waals surface area (Å²) >= 11 is 0. The van der Waals surface area contributed by atoms with Gasteiger partial charge in [0.25, 0.3) is 0 Å². The van der Waals surface area contributed by atoms with Crippen molar-refractivity contribution < 1.29 is 19.0 Å². The first kappa shape index (κ1) is 11.7. The lowest BCUT2D eigenvalue weighted by atomic mass is 9.96. The molecule has 0 saturated carbocycles. The predicted octanol–water partition coefficient (Wildman–Crippen LogP) is 1.23. The van der Waals surface area contributed by atoms with Crippen molar-refractivity contribution in [2.75, 3.05) is 32.9 Å². The van der Waals surface area contributed by atoms with Crippen LogP contribution in [0, 0.1) is 5.92 Å². The number of carbonyl (C=O) groups excluding carboxylic acids is 1. The molecular formula is C11H19NO4. The number of amides is 1. The molecule has 2 heterocycles. The van der Waals surface area contributed by atoms with E-state index in [1.807, 2.05) is 6.92 Å². The van der Waals surface area contributed by atoms with Crippen molar-refractivity contribution in [2.45, 2.75) is 26.1 Å². The van der Waals surface area contributed by atoms with Crippen molar-refractivity contribution in [1.29, 1.82) is 0 Å². The highest BCUT2D eigenvalue weighted by molar-refractivity contribution is 5.67. The van der Waals surface area contributed by atoms with Gasteiger partial charge in [0, 0.05) is 19.0 Å². The lowest BCUT2D eigenvalue weighted by Crippen LogP contribution is -2.41. The zero-order valence-electron chi connectivity index (χ0n) is 9.68. The van der Waals surface area contributed by atoms with Gasteiger partial charge in [-0.25, -0.2) is 4.79 Å². The van der Waals surface area contributed by atoms with Crippen LogP contribution in [0.3, 0.4) is 0 Å². The van der Waals surface area contributed by atoms with Crippen molar-refractivity contribution in [1.82, 2.24) is 4.90 Å². The monoisotopic (exact) mass is 229 g/mol. The SMILES string of the molecule is CCOC(=O)N1CCC(C2OCCO2)CC1. The molecule has 0 aliphatic carbocycles. The van der Waals surface area contributed by atoms with Gasteiger partial charge in [0.2, 0.25) is 0 Å². The molecule has 0 aromatic rings. The summed E-state index contributed by atoms with van der Waals surface area (Å²) in [4.78, 5) is 13.2. The third-order valence-electron chi connectivity index (χ3n) is 3.10. The molecule has 0 radical (unpaired) electrons. The van der Waals surface area contributed by atoms with E-state index < -0.39 is 0 Å². The molecule has 0 unspecified atom stereocenters. The minimum absolute atomic E-state index is 0.0515. The van der Waals surface area contributed by atoms with Crippen molar-refractivity contribution >= 4 is 6.09 Å². The highest BCUT2D eigenvalue weighted by Crippen LogP contribution is 2.25. The van der Waals surface area contributed by atoms with Crippen LogP contribution < -0.4 is 0 Å². The predicted molar refractivity (Wildman–Crippen MR) is 57.0 cm³/mol. The van der Waals surface area contributed by atoms with Crippen LogP contribution in [0.4, 0.5) is 4.79 Å². The quantitative estimate of drug-likeness (QED) is 0.714. The normalized spacial score (nSPS) is 23.7. The third kappa shape index (κ3) is 2.65. The van der Waals surface area contributed by atoms with Gasteiger partial charge in [-0.15, -0.1) is 0 Å². The van der Waals surface area contributed by atoms with Gasteiger partial charge in [-0.3, -0.25) is 0 Å². The zero-order valence-corrected chi connectivity index (χ0v) is 9.68. The molecule has 5 nitrogen and oxygen atoms in total. The van der Waals surface area contributed by atoms with Crippen molar-refractivity contribution in [3.63, 3.8) is 0 Å². The van der Waals surface area contributed by atoms with E-state index in [4.69, 9.17) is 14.2 Å². The molecular weight excluding hydrogens is 210 g/mol. The number of hydrogen-bond donors (Lipinski definition) is 0.